The van der Waals surface area contributed by atoms with Crippen LogP contribution in [-0.4, -0.2) is 62.3 Å². The van der Waals surface area contributed by atoms with Crippen LogP contribution in [0.4, 0.5) is 0 Å². The molecule has 2 unspecified atom stereocenters. The number of nitrogens with two attached hydrogens (primary N) is 1. The van der Waals surface area contributed by atoms with Crippen LogP contribution in [0, 0.1) is 0 Å². The van der Waals surface area contributed by atoms with Crippen molar-refractivity contribution >= 4 is 7.82 Å². The lowest BCUT2D eigenvalue weighted by atomic mass is 10.0. The molecule has 0 aromatic heterocycles. The standard InChI is InChI=1S/C20H44NO7P/c1-3-4-5-6-7-8-9-10-11-12-13-20(25-2)18-26-16-19(22)17-28-29(23,24)27-15-14-21/h19-20,22H,3-18,21H2,1-2H3,(H,23,24)/t19-,20?/m1/s1. The molecule has 0 aromatic carbocycles. The van der Waals surface area contributed by atoms with Gasteiger partial charge in [0.15, 0.2) is 0 Å². The monoisotopic (exact) mass is 441 g/mol. The summed E-state index contributed by atoms with van der Waals surface area (Å²) < 4.78 is 31.6. The number of phosphoric acid groups is 1. The molecule has 0 fully saturated rings. The molecule has 0 saturated carbocycles. The Labute approximate surface area is 177 Å². The summed E-state index contributed by atoms with van der Waals surface area (Å²) in [6, 6.07) is 0. The van der Waals surface area contributed by atoms with Crippen molar-refractivity contribution in [2.45, 2.75) is 89.8 Å². The Hall–Kier alpha value is -0.0500. The Morgan fingerprint density at radius 3 is 2.03 bits per heavy atom. The fraction of sp³-hybridized carbons (Fsp3) is 1.00. The highest BCUT2D eigenvalue weighted by Crippen LogP contribution is 2.42. The number of methoxy groups -OCH3 is 1. The zero-order chi connectivity index (χ0) is 21.8. The van der Waals surface area contributed by atoms with Crippen LogP contribution >= 0.6 is 7.82 Å². The number of rotatable bonds is 22. The van der Waals surface area contributed by atoms with Gasteiger partial charge in [-0.25, -0.2) is 4.57 Å². The summed E-state index contributed by atoms with van der Waals surface area (Å²) in [7, 11) is -2.52. The summed E-state index contributed by atoms with van der Waals surface area (Å²) in [4.78, 5) is 9.35. The quantitative estimate of drug-likeness (QED) is 0.171. The van der Waals surface area contributed by atoms with Crippen LogP contribution < -0.4 is 5.73 Å². The van der Waals surface area contributed by atoms with Crippen molar-refractivity contribution in [2.24, 2.45) is 5.73 Å². The third kappa shape index (κ3) is 19.6. The number of aliphatic hydroxyl groups excluding tert-OH is 1. The number of hydrogen-bond donors (Lipinski definition) is 3. The topological polar surface area (TPSA) is 120 Å². The van der Waals surface area contributed by atoms with E-state index in [0.29, 0.717) is 6.61 Å². The molecule has 0 aromatic rings. The van der Waals surface area contributed by atoms with Gasteiger partial charge in [-0.1, -0.05) is 71.1 Å². The highest BCUT2D eigenvalue weighted by atomic mass is 31.2. The minimum absolute atomic E-state index is 0.00518. The number of aliphatic hydroxyl groups is 1. The summed E-state index contributed by atoms with van der Waals surface area (Å²) in [5.74, 6) is 0. The van der Waals surface area contributed by atoms with Crippen LogP contribution in [0.3, 0.4) is 0 Å². The van der Waals surface area contributed by atoms with Gasteiger partial charge in [0.25, 0.3) is 0 Å². The van der Waals surface area contributed by atoms with E-state index in [9.17, 15) is 14.6 Å². The number of hydrogen-bond acceptors (Lipinski definition) is 7. The van der Waals surface area contributed by atoms with Crippen molar-refractivity contribution in [2.75, 3.05) is 40.1 Å². The van der Waals surface area contributed by atoms with Gasteiger partial charge in [0, 0.05) is 13.7 Å². The fourth-order valence-corrected chi connectivity index (χ4v) is 3.67. The maximum atomic E-state index is 11.5. The van der Waals surface area contributed by atoms with Crippen molar-refractivity contribution < 1.29 is 33.1 Å². The maximum Gasteiger partial charge on any atom is 0.472 e. The van der Waals surface area contributed by atoms with Gasteiger partial charge in [-0.05, 0) is 6.42 Å². The van der Waals surface area contributed by atoms with Gasteiger partial charge in [-0.15, -0.1) is 0 Å². The molecule has 176 valence electrons. The van der Waals surface area contributed by atoms with E-state index >= 15 is 0 Å². The van der Waals surface area contributed by atoms with Crippen LogP contribution in [0.2, 0.25) is 0 Å². The third-order valence-corrected chi connectivity index (χ3v) is 5.61. The number of ether oxygens (including phenoxy) is 2. The Morgan fingerprint density at radius 2 is 1.48 bits per heavy atom. The van der Waals surface area contributed by atoms with Crippen LogP contribution in [-0.2, 0) is 23.1 Å². The molecule has 0 saturated heterocycles. The van der Waals surface area contributed by atoms with Gasteiger partial charge in [0.1, 0.15) is 6.10 Å². The highest BCUT2D eigenvalue weighted by molar-refractivity contribution is 7.47. The molecule has 9 heteroatoms. The van der Waals surface area contributed by atoms with E-state index < -0.39 is 13.9 Å². The second-order valence-electron chi connectivity index (χ2n) is 7.41. The first-order valence-corrected chi connectivity index (χ1v) is 12.5. The van der Waals surface area contributed by atoms with E-state index in [1.54, 1.807) is 7.11 Å². The first-order chi connectivity index (χ1) is 13.9. The second-order valence-corrected chi connectivity index (χ2v) is 8.86. The largest absolute Gasteiger partial charge is 0.472 e. The Balaban J connectivity index is 3.64. The molecule has 0 aliphatic carbocycles. The van der Waals surface area contributed by atoms with Crippen molar-refractivity contribution in [1.82, 2.24) is 0 Å². The molecule has 29 heavy (non-hydrogen) atoms. The zero-order valence-electron chi connectivity index (χ0n) is 18.4. The van der Waals surface area contributed by atoms with E-state index in [0.717, 1.165) is 12.8 Å². The van der Waals surface area contributed by atoms with E-state index in [4.69, 9.17) is 15.2 Å². The minimum atomic E-state index is -4.17. The molecule has 0 amide bonds. The summed E-state index contributed by atoms with van der Waals surface area (Å²) in [6.07, 6.45) is 12.8. The van der Waals surface area contributed by atoms with Crippen molar-refractivity contribution in [1.29, 1.82) is 0 Å². The Bertz CT molecular complexity index is 401. The molecule has 0 heterocycles. The lowest BCUT2D eigenvalue weighted by Gasteiger charge is -2.18. The van der Waals surface area contributed by atoms with Crippen LogP contribution in [0.25, 0.3) is 0 Å². The zero-order valence-corrected chi connectivity index (χ0v) is 19.3. The molecule has 0 aliphatic heterocycles. The predicted octanol–water partition coefficient (Wildman–Crippen LogP) is 3.78. The van der Waals surface area contributed by atoms with Crippen molar-refractivity contribution in [3.8, 4) is 0 Å². The highest BCUT2D eigenvalue weighted by Gasteiger charge is 2.22. The molecule has 0 spiro atoms. The SMILES string of the molecule is CCCCCCCCCCCCC(COC[C@@H](O)COP(=O)(O)OCCN)OC. The Kier molecular flexibility index (Phi) is 19.9. The van der Waals surface area contributed by atoms with Crippen LogP contribution in [0.15, 0.2) is 0 Å². The minimum Gasteiger partial charge on any atom is -0.388 e. The first kappa shape index (κ1) is 28.9. The summed E-state index contributed by atoms with van der Waals surface area (Å²) in [6.45, 7) is 2.27. The molecule has 0 bridgehead atoms. The fourth-order valence-electron chi connectivity index (χ4n) is 2.90. The van der Waals surface area contributed by atoms with E-state index in [2.05, 4.69) is 16.0 Å². The number of phosphoric ester groups is 1. The van der Waals surface area contributed by atoms with E-state index in [1.807, 2.05) is 0 Å². The lowest BCUT2D eigenvalue weighted by molar-refractivity contribution is -0.0386. The van der Waals surface area contributed by atoms with Gasteiger partial charge < -0.3 is 25.2 Å². The van der Waals surface area contributed by atoms with Gasteiger partial charge in [-0.2, -0.15) is 0 Å². The lowest BCUT2D eigenvalue weighted by Crippen LogP contribution is -2.26. The van der Waals surface area contributed by atoms with Crippen molar-refractivity contribution in [3.05, 3.63) is 0 Å². The maximum absolute atomic E-state index is 11.5. The summed E-state index contributed by atoms with van der Waals surface area (Å²) in [5, 5.41) is 9.78. The predicted molar refractivity (Wildman–Crippen MR) is 115 cm³/mol. The average molecular weight is 442 g/mol. The molecule has 0 aliphatic rings. The second kappa shape index (κ2) is 19.9. The first-order valence-electron chi connectivity index (χ1n) is 11.1. The van der Waals surface area contributed by atoms with Gasteiger partial charge in [-0.3, -0.25) is 9.05 Å². The summed E-state index contributed by atoms with van der Waals surface area (Å²) in [5.41, 5.74) is 5.19. The summed E-state index contributed by atoms with van der Waals surface area (Å²) >= 11 is 0. The van der Waals surface area contributed by atoms with Crippen LogP contribution in [0.5, 0.6) is 0 Å². The third-order valence-electron chi connectivity index (χ3n) is 4.63. The normalized spacial score (nSPS) is 15.9. The molecule has 3 atom stereocenters. The van der Waals surface area contributed by atoms with Gasteiger partial charge >= 0.3 is 7.82 Å². The molecular formula is C20H44NO7P. The molecule has 4 N–H and O–H groups in total. The van der Waals surface area contributed by atoms with Crippen LogP contribution in [0.1, 0.15) is 77.6 Å². The number of unbranched alkanes of at least 4 members (excludes halogenated alkanes) is 9. The molecule has 8 nitrogen and oxygen atoms in total. The van der Waals surface area contributed by atoms with Gasteiger partial charge in [0.05, 0.1) is 32.5 Å². The smallest absolute Gasteiger partial charge is 0.388 e. The average Bonchev–Trinajstić information content (AvgIpc) is 2.71. The van der Waals surface area contributed by atoms with E-state index in [1.165, 1.54) is 57.8 Å². The molecule has 0 rings (SSSR count). The molecule has 0 radical (unpaired) electrons. The Morgan fingerprint density at radius 1 is 0.897 bits per heavy atom. The van der Waals surface area contributed by atoms with Crippen molar-refractivity contribution in [3.63, 3.8) is 0 Å². The van der Waals surface area contributed by atoms with E-state index in [-0.39, 0.29) is 32.5 Å². The van der Waals surface area contributed by atoms with Gasteiger partial charge in [0.2, 0.25) is 0 Å². The molecular weight excluding hydrogens is 397 g/mol.